The Hall–Kier alpha value is -2.33. The van der Waals surface area contributed by atoms with Crippen molar-refractivity contribution in [1.29, 1.82) is 0 Å². The van der Waals surface area contributed by atoms with Crippen LogP contribution in [-0.4, -0.2) is 42.8 Å². The van der Waals surface area contributed by atoms with Crippen molar-refractivity contribution < 1.29 is 22.3 Å². The molecule has 2 aliphatic heterocycles. The maximum absolute atomic E-state index is 13.3. The average Bonchev–Trinajstić information content (AvgIpc) is 3.45. The van der Waals surface area contributed by atoms with Crippen LogP contribution >= 0.6 is 23.2 Å². The van der Waals surface area contributed by atoms with E-state index in [0.717, 1.165) is 6.42 Å². The largest absolute Gasteiger partial charge is 0.454 e. The van der Waals surface area contributed by atoms with Gasteiger partial charge in [0.05, 0.1) is 10.9 Å². The molecule has 0 spiro atoms. The molecule has 0 bridgehead atoms. The predicted octanol–water partition coefficient (Wildman–Crippen LogP) is 4.65. The van der Waals surface area contributed by atoms with E-state index in [4.69, 9.17) is 37.1 Å². The number of piperidine rings is 1. The Morgan fingerprint density at radius 2 is 1.88 bits per heavy atom. The molecular formula is C21H19Cl2N3O5S. The Labute approximate surface area is 195 Å². The number of rotatable bonds is 4. The fraction of sp³-hybridized carbons (Fsp3) is 0.333. The van der Waals surface area contributed by atoms with Crippen LogP contribution in [0.25, 0.3) is 11.5 Å². The molecule has 1 fully saturated rings. The Balaban J connectivity index is 1.38. The lowest BCUT2D eigenvalue weighted by Gasteiger charge is -2.30. The summed E-state index contributed by atoms with van der Waals surface area (Å²) in [5, 5.41) is 8.87. The van der Waals surface area contributed by atoms with Gasteiger partial charge in [-0.05, 0) is 55.7 Å². The van der Waals surface area contributed by atoms with E-state index in [1.165, 1.54) is 16.4 Å². The lowest BCUT2D eigenvalue weighted by Crippen LogP contribution is -2.39. The van der Waals surface area contributed by atoms with Gasteiger partial charge in [-0.15, -0.1) is 10.2 Å². The molecule has 1 saturated heterocycles. The third-order valence-corrected chi connectivity index (χ3v) is 8.36. The fourth-order valence-corrected chi connectivity index (χ4v) is 6.21. The van der Waals surface area contributed by atoms with Crippen molar-refractivity contribution in [3.05, 3.63) is 51.8 Å². The molecule has 0 N–H and O–H groups in total. The SMILES string of the molecule is Cc1cc(S(=O)(=O)N2CCCC(c3nnc(-c4ccc5c(c4)OCO5)o3)C2)c(Cl)cc1Cl. The van der Waals surface area contributed by atoms with Crippen molar-refractivity contribution in [2.24, 2.45) is 0 Å². The fourth-order valence-electron chi connectivity index (χ4n) is 3.88. The molecule has 2 aromatic carbocycles. The maximum atomic E-state index is 13.3. The first-order valence-corrected chi connectivity index (χ1v) is 12.2. The van der Waals surface area contributed by atoms with Crippen molar-refractivity contribution in [3.63, 3.8) is 0 Å². The minimum atomic E-state index is -3.80. The highest BCUT2D eigenvalue weighted by molar-refractivity contribution is 7.89. The molecule has 1 unspecified atom stereocenters. The normalized spacial score (nSPS) is 18.8. The van der Waals surface area contributed by atoms with E-state index < -0.39 is 10.0 Å². The molecular weight excluding hydrogens is 477 g/mol. The third kappa shape index (κ3) is 3.83. The molecule has 0 saturated carbocycles. The summed E-state index contributed by atoms with van der Waals surface area (Å²) in [6.45, 7) is 2.54. The van der Waals surface area contributed by atoms with Crippen LogP contribution in [0.2, 0.25) is 10.0 Å². The van der Waals surface area contributed by atoms with Crippen molar-refractivity contribution in [2.75, 3.05) is 19.9 Å². The van der Waals surface area contributed by atoms with Gasteiger partial charge in [-0.1, -0.05) is 23.2 Å². The second-order valence-corrected chi connectivity index (χ2v) is 10.5. The molecule has 32 heavy (non-hydrogen) atoms. The number of aromatic nitrogens is 2. The zero-order chi connectivity index (χ0) is 22.5. The van der Waals surface area contributed by atoms with E-state index in [1.807, 2.05) is 6.07 Å². The third-order valence-electron chi connectivity index (χ3n) is 5.62. The second-order valence-electron chi connectivity index (χ2n) is 7.75. The molecule has 1 atom stereocenters. The van der Waals surface area contributed by atoms with Gasteiger partial charge in [0.1, 0.15) is 4.90 Å². The first-order chi connectivity index (χ1) is 15.3. The number of aryl methyl sites for hydroxylation is 1. The molecule has 5 rings (SSSR count). The van der Waals surface area contributed by atoms with Crippen molar-refractivity contribution >= 4 is 33.2 Å². The molecule has 8 nitrogen and oxygen atoms in total. The molecule has 0 radical (unpaired) electrons. The van der Waals surface area contributed by atoms with E-state index >= 15 is 0 Å². The summed E-state index contributed by atoms with van der Waals surface area (Å²) in [6.07, 6.45) is 1.40. The summed E-state index contributed by atoms with van der Waals surface area (Å²) in [5.41, 5.74) is 1.35. The molecule has 0 aliphatic carbocycles. The van der Waals surface area contributed by atoms with Crippen LogP contribution < -0.4 is 9.47 Å². The first-order valence-electron chi connectivity index (χ1n) is 10.0. The maximum Gasteiger partial charge on any atom is 0.247 e. The highest BCUT2D eigenvalue weighted by Crippen LogP contribution is 2.37. The van der Waals surface area contributed by atoms with Gasteiger partial charge in [0.25, 0.3) is 0 Å². The number of nitrogens with zero attached hydrogens (tertiary/aromatic N) is 3. The van der Waals surface area contributed by atoms with Gasteiger partial charge in [-0.2, -0.15) is 4.31 Å². The lowest BCUT2D eigenvalue weighted by molar-refractivity contribution is 0.174. The predicted molar refractivity (Wildman–Crippen MR) is 118 cm³/mol. The highest BCUT2D eigenvalue weighted by atomic mass is 35.5. The standard InChI is InChI=1S/C21H19Cl2N3O5S/c1-12-7-19(16(23)9-15(12)22)32(27,28)26-6-2-3-14(10-26)21-25-24-20(31-21)13-4-5-17-18(8-13)30-11-29-17/h4-5,7-9,14H,2-3,6,10-11H2,1H3. The van der Waals surface area contributed by atoms with E-state index in [0.29, 0.717) is 52.4 Å². The van der Waals surface area contributed by atoms with Crippen LogP contribution in [-0.2, 0) is 10.0 Å². The minimum Gasteiger partial charge on any atom is -0.454 e. The van der Waals surface area contributed by atoms with E-state index in [1.54, 1.807) is 19.1 Å². The van der Waals surface area contributed by atoms with E-state index in [9.17, 15) is 8.42 Å². The second kappa shape index (κ2) is 8.22. The van der Waals surface area contributed by atoms with Gasteiger partial charge >= 0.3 is 0 Å². The number of sulfonamides is 1. The van der Waals surface area contributed by atoms with Crippen molar-refractivity contribution in [2.45, 2.75) is 30.6 Å². The summed E-state index contributed by atoms with van der Waals surface area (Å²) in [7, 11) is -3.80. The van der Waals surface area contributed by atoms with E-state index in [2.05, 4.69) is 10.2 Å². The summed E-state index contributed by atoms with van der Waals surface area (Å²) in [6, 6.07) is 8.35. The van der Waals surface area contributed by atoms with Crippen LogP contribution in [0.4, 0.5) is 0 Å². The number of halogens is 2. The molecule has 3 heterocycles. The number of hydrogen-bond donors (Lipinski definition) is 0. The molecule has 2 aliphatic rings. The minimum absolute atomic E-state index is 0.0493. The van der Waals surface area contributed by atoms with Gasteiger partial charge in [0, 0.05) is 23.7 Å². The van der Waals surface area contributed by atoms with Crippen LogP contribution in [0, 0.1) is 6.92 Å². The summed E-state index contributed by atoms with van der Waals surface area (Å²) < 4.78 is 44.6. The molecule has 0 amide bonds. The number of ether oxygens (including phenoxy) is 2. The monoisotopic (exact) mass is 495 g/mol. The van der Waals surface area contributed by atoms with Crippen LogP contribution in [0.15, 0.2) is 39.6 Å². The van der Waals surface area contributed by atoms with Gasteiger partial charge in [-0.25, -0.2) is 8.42 Å². The van der Waals surface area contributed by atoms with Crippen molar-refractivity contribution in [3.8, 4) is 23.0 Å². The zero-order valence-electron chi connectivity index (χ0n) is 17.0. The molecule has 11 heteroatoms. The number of benzene rings is 2. The summed E-state index contributed by atoms with van der Waals surface area (Å²) in [5.74, 6) is 1.80. The van der Waals surface area contributed by atoms with Crippen LogP contribution in [0.3, 0.4) is 0 Å². The van der Waals surface area contributed by atoms with Gasteiger partial charge < -0.3 is 13.9 Å². The highest BCUT2D eigenvalue weighted by Gasteiger charge is 2.34. The van der Waals surface area contributed by atoms with Gasteiger partial charge in [-0.3, -0.25) is 0 Å². The average molecular weight is 496 g/mol. The first kappa shape index (κ1) is 21.5. The van der Waals surface area contributed by atoms with Crippen LogP contribution in [0.5, 0.6) is 11.5 Å². The molecule has 168 valence electrons. The topological polar surface area (TPSA) is 94.8 Å². The quantitative estimate of drug-likeness (QED) is 0.519. The van der Waals surface area contributed by atoms with Gasteiger partial charge in [0.2, 0.25) is 28.6 Å². The van der Waals surface area contributed by atoms with Crippen LogP contribution in [0.1, 0.15) is 30.2 Å². The zero-order valence-corrected chi connectivity index (χ0v) is 19.4. The van der Waals surface area contributed by atoms with Crippen molar-refractivity contribution in [1.82, 2.24) is 14.5 Å². The smallest absolute Gasteiger partial charge is 0.247 e. The van der Waals surface area contributed by atoms with E-state index in [-0.39, 0.29) is 29.2 Å². The number of hydrogen-bond acceptors (Lipinski definition) is 7. The summed E-state index contributed by atoms with van der Waals surface area (Å²) >= 11 is 12.3. The number of fused-ring (bicyclic) bond motifs is 1. The Kier molecular flexibility index (Phi) is 5.53. The molecule has 3 aromatic rings. The summed E-state index contributed by atoms with van der Waals surface area (Å²) in [4.78, 5) is 0.0493. The lowest BCUT2D eigenvalue weighted by atomic mass is 10.00. The Bertz CT molecular complexity index is 1290. The van der Waals surface area contributed by atoms with Gasteiger partial charge in [0.15, 0.2) is 11.5 Å². The Morgan fingerprint density at radius 1 is 1.06 bits per heavy atom. The Morgan fingerprint density at radius 3 is 2.72 bits per heavy atom. The molecule has 1 aromatic heterocycles.